The maximum atomic E-state index is 13.6. The molecule has 0 N–H and O–H groups in total. The number of rotatable bonds is 6. The van der Waals surface area contributed by atoms with Crippen LogP contribution in [0.15, 0.2) is 24.2 Å². The molecule has 0 aromatic rings. The Morgan fingerprint density at radius 3 is 2.37 bits per heavy atom. The molecule has 19 heavy (non-hydrogen) atoms. The molecule has 3 nitrogen and oxygen atoms in total. The lowest BCUT2D eigenvalue weighted by atomic mass is 10.2. The molecule has 1 aliphatic rings. The normalized spacial score (nSPS) is 17.7. The monoisotopic (exact) mass is 287 g/mol. The first-order valence-corrected chi connectivity index (χ1v) is 5.62. The van der Waals surface area contributed by atoms with Crippen molar-refractivity contribution >= 4 is 0 Å². The van der Waals surface area contributed by atoms with Crippen molar-refractivity contribution in [3.63, 3.8) is 0 Å². The predicted octanol–water partition coefficient (Wildman–Crippen LogP) is 2.91. The molecule has 0 spiro atoms. The minimum atomic E-state index is -3.04. The largest absolute Gasteiger partial charge is 0.463 e. The molecular formula is C11H14F5NO2. The highest BCUT2D eigenvalue weighted by molar-refractivity contribution is 4.90. The molecule has 0 bridgehead atoms. The summed E-state index contributed by atoms with van der Waals surface area (Å²) in [7, 11) is 0. The van der Waals surface area contributed by atoms with Crippen LogP contribution >= 0.6 is 0 Å². The van der Waals surface area contributed by atoms with Crippen LogP contribution in [0.2, 0.25) is 0 Å². The molecular weight excluding hydrogens is 273 g/mol. The van der Waals surface area contributed by atoms with E-state index in [1.165, 1.54) is 0 Å². The molecule has 1 aliphatic heterocycles. The summed E-state index contributed by atoms with van der Waals surface area (Å²) in [5, 5.41) is 0. The molecule has 1 rings (SSSR count). The third-order valence-electron chi connectivity index (χ3n) is 2.46. The number of hydrogen-bond acceptors (Lipinski definition) is 3. The lowest BCUT2D eigenvalue weighted by molar-refractivity contribution is -0.169. The van der Waals surface area contributed by atoms with Crippen molar-refractivity contribution in [1.82, 2.24) is 4.90 Å². The van der Waals surface area contributed by atoms with Gasteiger partial charge in [-0.25, -0.2) is 4.90 Å². The average molecular weight is 287 g/mol. The highest BCUT2D eigenvalue weighted by Gasteiger charge is 2.36. The van der Waals surface area contributed by atoms with Gasteiger partial charge in [0.2, 0.25) is 0 Å². The second-order valence-electron chi connectivity index (χ2n) is 3.79. The van der Waals surface area contributed by atoms with Gasteiger partial charge in [0.1, 0.15) is 6.61 Å². The van der Waals surface area contributed by atoms with Crippen LogP contribution in [0, 0.1) is 0 Å². The van der Waals surface area contributed by atoms with Gasteiger partial charge in [-0.2, -0.15) is 22.0 Å². The molecule has 1 saturated heterocycles. The van der Waals surface area contributed by atoms with Gasteiger partial charge < -0.3 is 9.47 Å². The fourth-order valence-electron chi connectivity index (χ4n) is 1.49. The SMILES string of the molecule is FC(F)=C(F)OC/C=C/CC(F)(F)N1CCOCC1. The Morgan fingerprint density at radius 2 is 1.79 bits per heavy atom. The van der Waals surface area contributed by atoms with E-state index in [1.807, 2.05) is 0 Å². The Balaban J connectivity index is 2.31. The lowest BCUT2D eigenvalue weighted by Crippen LogP contribution is -2.47. The van der Waals surface area contributed by atoms with Gasteiger partial charge in [-0.15, -0.1) is 0 Å². The number of alkyl halides is 2. The maximum Gasteiger partial charge on any atom is 0.342 e. The van der Waals surface area contributed by atoms with E-state index in [2.05, 4.69) is 4.74 Å². The Morgan fingerprint density at radius 1 is 1.16 bits per heavy atom. The zero-order valence-corrected chi connectivity index (χ0v) is 10.1. The molecule has 0 radical (unpaired) electrons. The minimum Gasteiger partial charge on any atom is -0.463 e. The van der Waals surface area contributed by atoms with E-state index in [0.717, 1.165) is 17.1 Å². The summed E-state index contributed by atoms with van der Waals surface area (Å²) < 4.78 is 71.5. The van der Waals surface area contributed by atoms with Crippen LogP contribution in [0.5, 0.6) is 0 Å². The Kier molecular flexibility index (Phi) is 6.23. The summed E-state index contributed by atoms with van der Waals surface area (Å²) in [6.07, 6.45) is -1.04. The zero-order chi connectivity index (χ0) is 14.3. The van der Waals surface area contributed by atoms with E-state index in [9.17, 15) is 22.0 Å². The van der Waals surface area contributed by atoms with Crippen LogP contribution in [-0.4, -0.2) is 43.9 Å². The summed E-state index contributed by atoms with van der Waals surface area (Å²) in [6, 6.07) is -5.04. The molecule has 0 aromatic heterocycles. The third-order valence-corrected chi connectivity index (χ3v) is 2.46. The Labute approximate surface area is 107 Å². The first-order valence-electron chi connectivity index (χ1n) is 5.62. The van der Waals surface area contributed by atoms with Crippen molar-refractivity contribution in [2.45, 2.75) is 12.5 Å². The van der Waals surface area contributed by atoms with E-state index in [0.29, 0.717) is 0 Å². The molecule has 0 aliphatic carbocycles. The van der Waals surface area contributed by atoms with E-state index in [1.54, 1.807) is 0 Å². The summed E-state index contributed by atoms with van der Waals surface area (Å²) in [5.41, 5.74) is 0. The number of hydrogen-bond donors (Lipinski definition) is 0. The molecule has 1 fully saturated rings. The van der Waals surface area contributed by atoms with E-state index >= 15 is 0 Å². The molecule has 0 aromatic carbocycles. The van der Waals surface area contributed by atoms with Crippen molar-refractivity contribution in [3.05, 3.63) is 24.2 Å². The van der Waals surface area contributed by atoms with Crippen LogP contribution in [0.4, 0.5) is 22.0 Å². The van der Waals surface area contributed by atoms with Crippen LogP contribution < -0.4 is 0 Å². The number of halogens is 5. The smallest absolute Gasteiger partial charge is 0.342 e. The van der Waals surface area contributed by atoms with Crippen molar-refractivity contribution in [3.8, 4) is 0 Å². The van der Waals surface area contributed by atoms with Gasteiger partial charge in [-0.1, -0.05) is 12.2 Å². The van der Waals surface area contributed by atoms with E-state index < -0.39 is 31.2 Å². The Hall–Kier alpha value is -1.15. The van der Waals surface area contributed by atoms with Gasteiger partial charge in [-0.05, 0) is 0 Å². The first kappa shape index (κ1) is 15.9. The quantitative estimate of drug-likeness (QED) is 0.324. The zero-order valence-electron chi connectivity index (χ0n) is 10.1. The van der Waals surface area contributed by atoms with Crippen LogP contribution in [0.3, 0.4) is 0 Å². The molecule has 0 unspecified atom stereocenters. The van der Waals surface area contributed by atoms with Crippen molar-refractivity contribution in [2.24, 2.45) is 0 Å². The lowest BCUT2D eigenvalue weighted by Gasteiger charge is -2.33. The van der Waals surface area contributed by atoms with Gasteiger partial charge in [0.05, 0.1) is 13.2 Å². The van der Waals surface area contributed by atoms with Gasteiger partial charge in [0.15, 0.2) is 0 Å². The molecule has 0 saturated carbocycles. The second-order valence-corrected chi connectivity index (χ2v) is 3.79. The third kappa shape index (κ3) is 5.56. The molecule has 0 atom stereocenters. The predicted molar refractivity (Wildman–Crippen MR) is 57.4 cm³/mol. The summed E-state index contributed by atoms with van der Waals surface area (Å²) in [5.74, 6) is 0. The molecule has 8 heteroatoms. The fourth-order valence-corrected chi connectivity index (χ4v) is 1.49. The van der Waals surface area contributed by atoms with Crippen molar-refractivity contribution in [2.75, 3.05) is 32.9 Å². The number of ether oxygens (including phenoxy) is 2. The summed E-state index contributed by atoms with van der Waals surface area (Å²) in [6.45, 7) is 0.217. The Bertz CT molecular complexity index is 336. The first-order chi connectivity index (χ1) is 8.93. The van der Waals surface area contributed by atoms with Crippen LogP contribution in [0.25, 0.3) is 0 Å². The standard InChI is InChI=1S/C11H14F5NO2/c12-9(13)10(14)19-6-2-1-3-11(15,16)17-4-7-18-8-5-17/h1-2H,3-8H2/b2-1+. The average Bonchev–Trinajstić information content (AvgIpc) is 2.39. The maximum absolute atomic E-state index is 13.6. The number of nitrogens with zero attached hydrogens (tertiary/aromatic N) is 1. The van der Waals surface area contributed by atoms with Crippen molar-refractivity contribution in [1.29, 1.82) is 0 Å². The molecule has 110 valence electrons. The highest BCUT2D eigenvalue weighted by Crippen LogP contribution is 2.25. The summed E-state index contributed by atoms with van der Waals surface area (Å²) in [4.78, 5) is 0.976. The minimum absolute atomic E-state index is 0.127. The van der Waals surface area contributed by atoms with E-state index in [-0.39, 0.29) is 26.3 Å². The van der Waals surface area contributed by atoms with Crippen LogP contribution in [-0.2, 0) is 9.47 Å². The van der Waals surface area contributed by atoms with Crippen LogP contribution in [0.1, 0.15) is 6.42 Å². The molecule has 1 heterocycles. The molecule has 0 amide bonds. The number of morpholine rings is 1. The van der Waals surface area contributed by atoms with Gasteiger partial charge >= 0.3 is 18.1 Å². The summed E-state index contributed by atoms with van der Waals surface area (Å²) >= 11 is 0. The van der Waals surface area contributed by atoms with Gasteiger partial charge in [0.25, 0.3) is 0 Å². The topological polar surface area (TPSA) is 21.7 Å². The second kappa shape index (κ2) is 7.44. The van der Waals surface area contributed by atoms with E-state index in [4.69, 9.17) is 4.74 Å². The van der Waals surface area contributed by atoms with Gasteiger partial charge in [-0.3, -0.25) is 0 Å². The van der Waals surface area contributed by atoms with Crippen molar-refractivity contribution < 1.29 is 31.4 Å². The highest BCUT2D eigenvalue weighted by atomic mass is 19.3. The van der Waals surface area contributed by atoms with Gasteiger partial charge in [0, 0.05) is 19.5 Å². The fraction of sp³-hybridized carbons (Fsp3) is 0.636.